The lowest BCUT2D eigenvalue weighted by molar-refractivity contribution is -0.126. The van der Waals surface area contributed by atoms with Crippen LogP contribution in [0, 0.1) is 12.8 Å². The molecule has 2 atom stereocenters. The summed E-state index contributed by atoms with van der Waals surface area (Å²) in [5, 5.41) is 4.95. The van der Waals surface area contributed by atoms with Crippen molar-refractivity contribution in [3.63, 3.8) is 0 Å². The van der Waals surface area contributed by atoms with Crippen LogP contribution in [0.4, 0.5) is 5.69 Å². The first-order valence-corrected chi connectivity index (χ1v) is 11.4. The highest BCUT2D eigenvalue weighted by Crippen LogP contribution is 2.43. The van der Waals surface area contributed by atoms with Crippen LogP contribution in [0.15, 0.2) is 66.0 Å². The van der Waals surface area contributed by atoms with Crippen LogP contribution in [-0.2, 0) is 16.0 Å². The maximum Gasteiger partial charge on any atom is 0.248 e. The Balaban J connectivity index is 1.49. The van der Waals surface area contributed by atoms with Gasteiger partial charge in [0.05, 0.1) is 12.0 Å². The number of anilines is 1. The molecule has 0 saturated carbocycles. The highest BCUT2D eigenvalue weighted by Gasteiger charge is 2.45. The van der Waals surface area contributed by atoms with Gasteiger partial charge >= 0.3 is 0 Å². The van der Waals surface area contributed by atoms with Crippen molar-refractivity contribution in [1.29, 1.82) is 0 Å². The molecular weight excluding hydrogens is 422 g/mol. The molecule has 164 valence electrons. The highest BCUT2D eigenvalue weighted by molar-refractivity contribution is 7.10. The molecule has 0 bridgehead atoms. The summed E-state index contributed by atoms with van der Waals surface area (Å²) in [6, 6.07) is 18.5. The zero-order chi connectivity index (χ0) is 22.7. The molecular formula is C25H25N3O3S. The molecule has 1 aliphatic heterocycles. The summed E-state index contributed by atoms with van der Waals surface area (Å²) in [5.74, 6) is -1.14. The van der Waals surface area contributed by atoms with Crippen LogP contribution in [0.5, 0.6) is 0 Å². The number of benzene rings is 2. The van der Waals surface area contributed by atoms with Crippen molar-refractivity contribution in [2.45, 2.75) is 25.8 Å². The molecule has 7 heteroatoms. The van der Waals surface area contributed by atoms with Crippen molar-refractivity contribution >= 4 is 34.7 Å². The fraction of sp³-hybridized carbons (Fsp3) is 0.240. The molecule has 0 aliphatic carbocycles. The van der Waals surface area contributed by atoms with Crippen molar-refractivity contribution in [2.75, 3.05) is 11.4 Å². The number of nitrogens with zero attached hydrogens (tertiary/aromatic N) is 1. The van der Waals surface area contributed by atoms with Gasteiger partial charge in [0.15, 0.2) is 0 Å². The molecule has 2 unspecified atom stereocenters. The standard InChI is InChI=1S/C25H25N3O3S/c1-16-7-9-19(10-8-16)28-22(29)15-20(23(28)21-6-3-13-32-21)25(31)27-12-11-17-4-2-5-18(14-17)24(26)30/h2-10,13-14,20,23H,11-12,15H2,1H3,(H2,26,30)(H,27,31). The van der Waals surface area contributed by atoms with Gasteiger partial charge in [0.1, 0.15) is 0 Å². The molecule has 3 N–H and O–H groups in total. The second-order valence-electron chi connectivity index (χ2n) is 7.98. The van der Waals surface area contributed by atoms with E-state index in [1.807, 2.05) is 54.8 Å². The zero-order valence-electron chi connectivity index (χ0n) is 17.8. The minimum Gasteiger partial charge on any atom is -0.366 e. The number of hydrogen-bond acceptors (Lipinski definition) is 4. The number of nitrogens with one attached hydrogen (secondary N) is 1. The van der Waals surface area contributed by atoms with E-state index in [4.69, 9.17) is 5.73 Å². The number of rotatable bonds is 7. The summed E-state index contributed by atoms with van der Waals surface area (Å²) < 4.78 is 0. The van der Waals surface area contributed by atoms with E-state index in [1.54, 1.807) is 34.4 Å². The topological polar surface area (TPSA) is 92.5 Å². The van der Waals surface area contributed by atoms with Crippen LogP contribution in [0.3, 0.4) is 0 Å². The Bertz CT molecular complexity index is 1130. The highest BCUT2D eigenvalue weighted by atomic mass is 32.1. The number of aryl methyl sites for hydroxylation is 1. The minimum absolute atomic E-state index is 0.0541. The van der Waals surface area contributed by atoms with E-state index < -0.39 is 11.8 Å². The van der Waals surface area contributed by atoms with Gasteiger partial charge < -0.3 is 16.0 Å². The molecule has 0 radical (unpaired) electrons. The Hall–Kier alpha value is -3.45. The molecule has 1 fully saturated rings. The number of primary amides is 1. The van der Waals surface area contributed by atoms with Gasteiger partial charge in [-0.1, -0.05) is 35.9 Å². The monoisotopic (exact) mass is 447 g/mol. The van der Waals surface area contributed by atoms with Gasteiger partial charge in [-0.15, -0.1) is 11.3 Å². The van der Waals surface area contributed by atoms with E-state index in [1.165, 1.54) is 0 Å². The lowest BCUT2D eigenvalue weighted by Gasteiger charge is -2.27. The van der Waals surface area contributed by atoms with Crippen molar-refractivity contribution in [3.05, 3.63) is 87.6 Å². The molecule has 0 spiro atoms. The largest absolute Gasteiger partial charge is 0.366 e. The summed E-state index contributed by atoms with van der Waals surface area (Å²) in [6.45, 7) is 2.41. The number of amides is 3. The third kappa shape index (κ3) is 4.57. The predicted octanol–water partition coefficient (Wildman–Crippen LogP) is 3.61. The first kappa shape index (κ1) is 21.8. The van der Waals surface area contributed by atoms with Gasteiger partial charge in [-0.25, -0.2) is 0 Å². The maximum absolute atomic E-state index is 13.1. The summed E-state index contributed by atoms with van der Waals surface area (Å²) >= 11 is 1.55. The number of carbonyl (C=O) groups is 3. The second kappa shape index (κ2) is 9.36. The molecule has 3 amide bonds. The normalized spacial score (nSPS) is 18.0. The molecule has 4 rings (SSSR count). The third-order valence-electron chi connectivity index (χ3n) is 5.73. The predicted molar refractivity (Wildman–Crippen MR) is 126 cm³/mol. The lowest BCUT2D eigenvalue weighted by Crippen LogP contribution is -2.36. The van der Waals surface area contributed by atoms with E-state index in [0.29, 0.717) is 18.5 Å². The first-order valence-electron chi connectivity index (χ1n) is 10.5. The number of thiophene rings is 1. The Kier molecular flexibility index (Phi) is 6.37. The summed E-state index contributed by atoms with van der Waals surface area (Å²) in [7, 11) is 0. The van der Waals surface area contributed by atoms with E-state index in [2.05, 4.69) is 5.32 Å². The molecule has 32 heavy (non-hydrogen) atoms. The average molecular weight is 448 g/mol. The maximum atomic E-state index is 13.1. The first-order chi connectivity index (χ1) is 15.4. The third-order valence-corrected chi connectivity index (χ3v) is 6.67. The summed E-state index contributed by atoms with van der Waals surface area (Å²) in [4.78, 5) is 40.2. The van der Waals surface area contributed by atoms with Crippen LogP contribution in [-0.4, -0.2) is 24.3 Å². The van der Waals surface area contributed by atoms with Crippen LogP contribution in [0.25, 0.3) is 0 Å². The second-order valence-corrected chi connectivity index (χ2v) is 8.96. The average Bonchev–Trinajstić information content (AvgIpc) is 3.42. The summed E-state index contributed by atoms with van der Waals surface area (Å²) in [5.41, 5.74) is 8.62. The zero-order valence-corrected chi connectivity index (χ0v) is 18.6. The van der Waals surface area contributed by atoms with Crippen molar-refractivity contribution < 1.29 is 14.4 Å². The Morgan fingerprint density at radius 1 is 1.12 bits per heavy atom. The van der Waals surface area contributed by atoms with E-state index in [-0.39, 0.29) is 24.3 Å². The van der Waals surface area contributed by atoms with Gasteiger partial charge in [-0.3, -0.25) is 14.4 Å². The Morgan fingerprint density at radius 3 is 2.59 bits per heavy atom. The number of carbonyl (C=O) groups excluding carboxylic acids is 3. The van der Waals surface area contributed by atoms with Crippen LogP contribution < -0.4 is 16.0 Å². The Morgan fingerprint density at radius 2 is 1.91 bits per heavy atom. The molecule has 1 aromatic heterocycles. The molecule has 1 saturated heterocycles. The number of hydrogen-bond donors (Lipinski definition) is 2. The fourth-order valence-electron chi connectivity index (χ4n) is 4.11. The molecule has 6 nitrogen and oxygen atoms in total. The molecule has 2 aromatic carbocycles. The fourth-order valence-corrected chi connectivity index (χ4v) is 4.99. The van der Waals surface area contributed by atoms with Crippen molar-refractivity contribution in [1.82, 2.24) is 5.32 Å². The van der Waals surface area contributed by atoms with Gasteiger partial charge in [-0.2, -0.15) is 0 Å². The molecule has 1 aliphatic rings. The molecule has 3 aromatic rings. The van der Waals surface area contributed by atoms with Crippen LogP contribution in [0.2, 0.25) is 0 Å². The molecule has 2 heterocycles. The van der Waals surface area contributed by atoms with Crippen molar-refractivity contribution in [2.24, 2.45) is 11.7 Å². The van der Waals surface area contributed by atoms with E-state index in [0.717, 1.165) is 21.7 Å². The van der Waals surface area contributed by atoms with Crippen LogP contribution >= 0.6 is 11.3 Å². The van der Waals surface area contributed by atoms with E-state index >= 15 is 0 Å². The van der Waals surface area contributed by atoms with Gasteiger partial charge in [0, 0.05) is 29.1 Å². The SMILES string of the molecule is Cc1ccc(N2C(=O)CC(C(=O)NCCc3cccc(C(N)=O)c3)C2c2cccs2)cc1. The number of nitrogens with two attached hydrogens (primary N) is 1. The quantitative estimate of drug-likeness (QED) is 0.580. The lowest BCUT2D eigenvalue weighted by atomic mass is 9.97. The van der Waals surface area contributed by atoms with Gasteiger partial charge in [-0.05, 0) is 54.6 Å². The smallest absolute Gasteiger partial charge is 0.248 e. The summed E-state index contributed by atoms with van der Waals surface area (Å²) in [6.07, 6.45) is 0.734. The minimum atomic E-state index is -0.477. The van der Waals surface area contributed by atoms with Crippen molar-refractivity contribution in [3.8, 4) is 0 Å². The van der Waals surface area contributed by atoms with Gasteiger partial charge in [0.25, 0.3) is 0 Å². The van der Waals surface area contributed by atoms with Crippen LogP contribution in [0.1, 0.15) is 38.8 Å². The van der Waals surface area contributed by atoms with Gasteiger partial charge in [0.2, 0.25) is 17.7 Å². The Labute approximate surface area is 191 Å². The van der Waals surface area contributed by atoms with E-state index in [9.17, 15) is 14.4 Å².